The summed E-state index contributed by atoms with van der Waals surface area (Å²) in [6.45, 7) is 2.73. The van der Waals surface area contributed by atoms with Crippen molar-refractivity contribution in [3.05, 3.63) is 47.1 Å². The van der Waals surface area contributed by atoms with Crippen molar-refractivity contribution in [3.63, 3.8) is 0 Å². The average Bonchev–Trinajstić information content (AvgIpc) is 2.78. The van der Waals surface area contributed by atoms with Gasteiger partial charge in [0, 0.05) is 22.3 Å². The van der Waals surface area contributed by atoms with Crippen molar-refractivity contribution in [3.8, 4) is 0 Å². The number of nitrogens with zero attached hydrogens (tertiary/aromatic N) is 1. The summed E-state index contributed by atoms with van der Waals surface area (Å²) >= 11 is 7.60. The van der Waals surface area contributed by atoms with Crippen molar-refractivity contribution in [1.82, 2.24) is 10.3 Å². The Morgan fingerprint density at radius 1 is 1.43 bits per heavy atom. The maximum absolute atomic E-state index is 11.9. The summed E-state index contributed by atoms with van der Waals surface area (Å²) < 4.78 is 0. The van der Waals surface area contributed by atoms with Gasteiger partial charge in [0.15, 0.2) is 0 Å². The van der Waals surface area contributed by atoms with Crippen molar-refractivity contribution in [1.29, 1.82) is 0 Å². The third kappa shape index (κ3) is 2.90. The second kappa shape index (κ2) is 6.05. The highest BCUT2D eigenvalue weighted by atomic mass is 35.5. The van der Waals surface area contributed by atoms with Gasteiger partial charge < -0.3 is 10.6 Å². The van der Waals surface area contributed by atoms with E-state index in [1.807, 2.05) is 31.2 Å². The first-order valence-corrected chi connectivity index (χ1v) is 7.85. The Morgan fingerprint density at radius 2 is 2.29 bits per heavy atom. The number of amides is 1. The Morgan fingerprint density at radius 3 is 3.05 bits per heavy atom. The molecule has 0 radical (unpaired) electrons. The summed E-state index contributed by atoms with van der Waals surface area (Å²) in [6, 6.07) is 9.27. The third-order valence-corrected chi connectivity index (χ3v) is 4.63. The highest BCUT2D eigenvalue weighted by Gasteiger charge is 2.29. The first-order valence-electron chi connectivity index (χ1n) is 6.65. The van der Waals surface area contributed by atoms with Gasteiger partial charge in [-0.2, -0.15) is 0 Å². The van der Waals surface area contributed by atoms with E-state index in [0.29, 0.717) is 5.02 Å². The molecule has 1 unspecified atom stereocenters. The lowest BCUT2D eigenvalue weighted by Crippen LogP contribution is -2.27. The normalized spacial score (nSPS) is 16.7. The van der Waals surface area contributed by atoms with Gasteiger partial charge in [-0.15, -0.1) is 0 Å². The van der Waals surface area contributed by atoms with E-state index in [9.17, 15) is 4.79 Å². The van der Waals surface area contributed by atoms with Crippen LogP contribution in [0.1, 0.15) is 18.5 Å². The van der Waals surface area contributed by atoms with Gasteiger partial charge in [0.05, 0.1) is 5.02 Å². The minimum Gasteiger partial charge on any atom is -0.324 e. The molecule has 0 saturated carbocycles. The van der Waals surface area contributed by atoms with Crippen LogP contribution in [-0.4, -0.2) is 17.4 Å². The second-order valence-electron chi connectivity index (χ2n) is 4.62. The maximum Gasteiger partial charge on any atom is 0.246 e. The molecule has 1 aliphatic heterocycles. The number of halogens is 1. The van der Waals surface area contributed by atoms with E-state index in [4.69, 9.17) is 11.6 Å². The fourth-order valence-corrected chi connectivity index (χ4v) is 3.32. The number of hydrogen-bond donors (Lipinski definition) is 2. The van der Waals surface area contributed by atoms with E-state index >= 15 is 0 Å². The number of hydrogen-bond acceptors (Lipinski definition) is 4. The zero-order valence-corrected chi connectivity index (χ0v) is 13.0. The standard InChI is InChI=1S/C15H14ClN3OS/c1-2-17-13-10-6-5-9(8-12(10)19-14(13)20)21-15-11(16)4-3-7-18-15/h3-8,13,17H,2H2,1H3,(H,19,20). The Kier molecular flexibility index (Phi) is 4.14. The molecule has 0 bridgehead atoms. The number of carbonyl (C=O) groups excluding carboxylic acids is 1. The van der Waals surface area contributed by atoms with E-state index in [0.717, 1.165) is 27.7 Å². The van der Waals surface area contributed by atoms with E-state index in [2.05, 4.69) is 15.6 Å². The van der Waals surface area contributed by atoms with Gasteiger partial charge in [0.1, 0.15) is 11.1 Å². The smallest absolute Gasteiger partial charge is 0.246 e. The average molecular weight is 320 g/mol. The zero-order chi connectivity index (χ0) is 14.8. The minimum absolute atomic E-state index is 0.00938. The molecule has 21 heavy (non-hydrogen) atoms. The van der Waals surface area contributed by atoms with E-state index in [1.54, 1.807) is 12.3 Å². The molecule has 1 aromatic carbocycles. The lowest BCUT2D eigenvalue weighted by Gasteiger charge is -2.09. The molecule has 0 aliphatic carbocycles. The number of nitrogens with one attached hydrogen (secondary N) is 2. The molecule has 1 atom stereocenters. The summed E-state index contributed by atoms with van der Waals surface area (Å²) in [5, 5.41) is 7.46. The fourth-order valence-electron chi connectivity index (χ4n) is 2.27. The van der Waals surface area contributed by atoms with Crippen molar-refractivity contribution >= 4 is 35.0 Å². The quantitative estimate of drug-likeness (QED) is 0.905. The number of carbonyl (C=O) groups is 1. The van der Waals surface area contributed by atoms with E-state index < -0.39 is 0 Å². The Bertz CT molecular complexity index is 692. The maximum atomic E-state index is 11.9. The lowest BCUT2D eigenvalue weighted by molar-refractivity contribution is -0.117. The molecule has 2 aromatic rings. The molecule has 0 spiro atoms. The van der Waals surface area contributed by atoms with Crippen molar-refractivity contribution in [2.24, 2.45) is 0 Å². The summed E-state index contributed by atoms with van der Waals surface area (Å²) in [4.78, 5) is 17.2. The molecule has 6 heteroatoms. The van der Waals surface area contributed by atoms with Crippen LogP contribution in [0.25, 0.3) is 0 Å². The molecule has 2 N–H and O–H groups in total. The molecule has 108 valence electrons. The van der Waals surface area contributed by atoms with Crippen molar-refractivity contribution in [2.75, 3.05) is 11.9 Å². The molecule has 4 nitrogen and oxygen atoms in total. The Hall–Kier alpha value is -1.56. The molecule has 1 aliphatic rings. The van der Waals surface area contributed by atoms with Crippen molar-refractivity contribution < 1.29 is 4.79 Å². The summed E-state index contributed by atoms with van der Waals surface area (Å²) in [5.74, 6) is -0.00938. The first-order chi connectivity index (χ1) is 10.2. The van der Waals surface area contributed by atoms with Crippen LogP contribution in [0.4, 0.5) is 5.69 Å². The van der Waals surface area contributed by atoms with Crippen LogP contribution in [0.3, 0.4) is 0 Å². The second-order valence-corrected chi connectivity index (χ2v) is 6.09. The van der Waals surface area contributed by atoms with Crippen LogP contribution >= 0.6 is 23.4 Å². The molecule has 1 amide bonds. The highest BCUT2D eigenvalue weighted by Crippen LogP contribution is 2.37. The number of anilines is 1. The van der Waals surface area contributed by atoms with Crippen LogP contribution in [0.5, 0.6) is 0 Å². The zero-order valence-electron chi connectivity index (χ0n) is 11.4. The minimum atomic E-state index is -0.262. The van der Waals surface area contributed by atoms with Gasteiger partial charge in [-0.3, -0.25) is 4.79 Å². The van der Waals surface area contributed by atoms with Gasteiger partial charge in [0.25, 0.3) is 0 Å². The van der Waals surface area contributed by atoms with Gasteiger partial charge in [-0.25, -0.2) is 4.98 Å². The van der Waals surface area contributed by atoms with Gasteiger partial charge in [-0.1, -0.05) is 36.4 Å². The van der Waals surface area contributed by atoms with Gasteiger partial charge in [0.2, 0.25) is 5.91 Å². The Balaban J connectivity index is 1.86. The van der Waals surface area contributed by atoms with Crippen LogP contribution in [0.15, 0.2) is 46.5 Å². The number of fused-ring (bicyclic) bond motifs is 1. The van der Waals surface area contributed by atoms with E-state index in [-0.39, 0.29) is 11.9 Å². The largest absolute Gasteiger partial charge is 0.324 e. The molecule has 3 rings (SSSR count). The predicted octanol–water partition coefficient (Wildman–Crippen LogP) is 3.49. The lowest BCUT2D eigenvalue weighted by atomic mass is 10.1. The summed E-state index contributed by atoms with van der Waals surface area (Å²) in [7, 11) is 0. The topological polar surface area (TPSA) is 54.0 Å². The Labute approximate surface area is 132 Å². The molecular formula is C15H14ClN3OS. The number of benzene rings is 1. The monoisotopic (exact) mass is 319 g/mol. The highest BCUT2D eigenvalue weighted by molar-refractivity contribution is 7.99. The number of pyridine rings is 1. The SMILES string of the molecule is CCNC1C(=O)Nc2cc(Sc3ncccc3Cl)ccc21. The third-order valence-electron chi connectivity index (χ3n) is 3.20. The molecule has 1 aromatic heterocycles. The number of aromatic nitrogens is 1. The fraction of sp³-hybridized carbons (Fsp3) is 0.200. The van der Waals surface area contributed by atoms with Crippen LogP contribution in [0.2, 0.25) is 5.02 Å². The summed E-state index contributed by atoms with van der Waals surface area (Å²) in [5.41, 5.74) is 1.83. The number of rotatable bonds is 4. The predicted molar refractivity (Wildman–Crippen MR) is 84.9 cm³/mol. The van der Waals surface area contributed by atoms with Crippen LogP contribution in [0, 0.1) is 0 Å². The van der Waals surface area contributed by atoms with Crippen LogP contribution in [-0.2, 0) is 4.79 Å². The molecular weight excluding hydrogens is 306 g/mol. The number of likely N-dealkylation sites (N-methyl/N-ethyl adjacent to an activating group) is 1. The molecule has 0 saturated heterocycles. The summed E-state index contributed by atoms with van der Waals surface area (Å²) in [6.07, 6.45) is 1.71. The van der Waals surface area contributed by atoms with Gasteiger partial charge >= 0.3 is 0 Å². The van der Waals surface area contributed by atoms with Crippen LogP contribution < -0.4 is 10.6 Å². The van der Waals surface area contributed by atoms with E-state index in [1.165, 1.54) is 11.8 Å². The first kappa shape index (κ1) is 14.4. The molecule has 2 heterocycles. The van der Waals surface area contributed by atoms with Gasteiger partial charge in [-0.05, 0) is 30.8 Å². The molecule has 0 fully saturated rings. The van der Waals surface area contributed by atoms with Crippen molar-refractivity contribution in [2.45, 2.75) is 22.9 Å².